The van der Waals surface area contributed by atoms with E-state index in [9.17, 15) is 9.18 Å². The molecule has 140 valence electrons. The SMILES string of the molecule is C=CCn1c(N(C)Cc2ccc(F)cc2)nc2sc3c(c2c1=O)CCCC3. The lowest BCUT2D eigenvalue weighted by Crippen LogP contribution is -2.30. The summed E-state index contributed by atoms with van der Waals surface area (Å²) in [6.45, 7) is 4.76. The summed E-state index contributed by atoms with van der Waals surface area (Å²) >= 11 is 1.65. The molecule has 0 amide bonds. The minimum atomic E-state index is -0.256. The molecule has 0 fully saturated rings. The zero-order valence-corrected chi connectivity index (χ0v) is 16.2. The fourth-order valence-electron chi connectivity index (χ4n) is 3.75. The molecule has 0 spiro atoms. The average molecular weight is 383 g/mol. The highest BCUT2D eigenvalue weighted by Crippen LogP contribution is 2.34. The van der Waals surface area contributed by atoms with Gasteiger partial charge in [-0.05, 0) is 48.9 Å². The molecule has 1 aliphatic carbocycles. The van der Waals surface area contributed by atoms with Crippen LogP contribution >= 0.6 is 11.3 Å². The van der Waals surface area contributed by atoms with E-state index in [1.165, 1.54) is 29.0 Å². The largest absolute Gasteiger partial charge is 0.341 e. The van der Waals surface area contributed by atoms with Gasteiger partial charge in [0, 0.05) is 25.0 Å². The van der Waals surface area contributed by atoms with Crippen LogP contribution in [0.3, 0.4) is 0 Å². The Kier molecular flexibility index (Phi) is 4.83. The van der Waals surface area contributed by atoms with Crippen molar-refractivity contribution in [3.8, 4) is 0 Å². The Morgan fingerprint density at radius 2 is 2.04 bits per heavy atom. The zero-order chi connectivity index (χ0) is 19.0. The van der Waals surface area contributed by atoms with Gasteiger partial charge in [-0.2, -0.15) is 0 Å². The van der Waals surface area contributed by atoms with Gasteiger partial charge >= 0.3 is 0 Å². The number of hydrogen-bond acceptors (Lipinski definition) is 4. The lowest BCUT2D eigenvalue weighted by atomic mass is 9.97. The lowest BCUT2D eigenvalue weighted by molar-refractivity contribution is 0.626. The number of fused-ring (bicyclic) bond motifs is 3. The van der Waals surface area contributed by atoms with Crippen LogP contribution < -0.4 is 10.5 Å². The first-order valence-corrected chi connectivity index (χ1v) is 10.0. The van der Waals surface area contributed by atoms with Gasteiger partial charge in [-0.15, -0.1) is 17.9 Å². The van der Waals surface area contributed by atoms with Gasteiger partial charge < -0.3 is 4.90 Å². The third kappa shape index (κ3) is 3.30. The van der Waals surface area contributed by atoms with Gasteiger partial charge in [0.2, 0.25) is 5.95 Å². The summed E-state index contributed by atoms with van der Waals surface area (Å²) in [6.07, 6.45) is 6.04. The molecule has 3 aromatic rings. The number of hydrogen-bond donors (Lipinski definition) is 0. The number of benzene rings is 1. The normalized spacial score (nSPS) is 13.6. The number of aryl methyl sites for hydroxylation is 2. The van der Waals surface area contributed by atoms with Crippen LogP contribution in [0.25, 0.3) is 10.2 Å². The van der Waals surface area contributed by atoms with Crippen LogP contribution in [-0.2, 0) is 25.9 Å². The maximum atomic E-state index is 13.3. The van der Waals surface area contributed by atoms with Crippen molar-refractivity contribution in [2.75, 3.05) is 11.9 Å². The molecule has 2 heterocycles. The Bertz CT molecular complexity index is 1050. The van der Waals surface area contributed by atoms with Gasteiger partial charge in [0.15, 0.2) is 0 Å². The van der Waals surface area contributed by atoms with E-state index in [1.54, 1.807) is 34.1 Å². The third-order valence-corrected chi connectivity index (χ3v) is 6.23. The molecule has 0 radical (unpaired) electrons. The van der Waals surface area contributed by atoms with Crippen LogP contribution in [0.5, 0.6) is 0 Å². The Morgan fingerprint density at radius 3 is 2.78 bits per heavy atom. The molecular weight excluding hydrogens is 361 g/mol. The monoisotopic (exact) mass is 383 g/mol. The zero-order valence-electron chi connectivity index (χ0n) is 15.4. The highest BCUT2D eigenvalue weighted by molar-refractivity contribution is 7.18. The standard InChI is InChI=1S/C21H22FN3OS/c1-3-12-25-20(26)18-16-6-4-5-7-17(16)27-19(18)23-21(25)24(2)13-14-8-10-15(22)11-9-14/h3,8-11H,1,4-7,12-13H2,2H3. The summed E-state index contributed by atoms with van der Waals surface area (Å²) in [5.74, 6) is 0.365. The molecule has 4 nitrogen and oxygen atoms in total. The second kappa shape index (κ2) is 7.27. The lowest BCUT2D eigenvalue weighted by Gasteiger charge is -2.22. The van der Waals surface area contributed by atoms with E-state index in [0.717, 1.165) is 35.0 Å². The van der Waals surface area contributed by atoms with E-state index in [4.69, 9.17) is 4.98 Å². The molecular formula is C21H22FN3OS. The predicted molar refractivity (Wildman–Crippen MR) is 109 cm³/mol. The predicted octanol–water partition coefficient (Wildman–Crippen LogP) is 4.30. The highest BCUT2D eigenvalue weighted by Gasteiger charge is 2.23. The Balaban J connectivity index is 1.81. The fraction of sp³-hybridized carbons (Fsp3) is 0.333. The second-order valence-electron chi connectivity index (χ2n) is 6.99. The van der Waals surface area contributed by atoms with Crippen LogP contribution in [0.2, 0.25) is 0 Å². The molecule has 2 aromatic heterocycles. The average Bonchev–Trinajstić information content (AvgIpc) is 3.04. The van der Waals surface area contributed by atoms with Crippen molar-refractivity contribution in [2.45, 2.75) is 38.8 Å². The molecule has 0 saturated carbocycles. The number of allylic oxidation sites excluding steroid dienone is 1. The van der Waals surface area contributed by atoms with Crippen molar-refractivity contribution < 1.29 is 4.39 Å². The van der Waals surface area contributed by atoms with Crippen molar-refractivity contribution >= 4 is 27.5 Å². The van der Waals surface area contributed by atoms with Crippen LogP contribution in [0.4, 0.5) is 10.3 Å². The minimum absolute atomic E-state index is 0.0141. The number of aromatic nitrogens is 2. The van der Waals surface area contributed by atoms with Gasteiger partial charge in [0.05, 0.1) is 5.39 Å². The van der Waals surface area contributed by atoms with E-state index >= 15 is 0 Å². The van der Waals surface area contributed by atoms with Gasteiger partial charge in [-0.25, -0.2) is 9.37 Å². The van der Waals surface area contributed by atoms with E-state index in [2.05, 4.69) is 6.58 Å². The summed E-state index contributed by atoms with van der Waals surface area (Å²) in [7, 11) is 1.91. The molecule has 1 aliphatic rings. The van der Waals surface area contributed by atoms with Crippen LogP contribution in [0, 0.1) is 5.82 Å². The second-order valence-corrected chi connectivity index (χ2v) is 8.07. The Labute approximate surface area is 161 Å². The summed E-state index contributed by atoms with van der Waals surface area (Å²) in [6, 6.07) is 6.40. The first kappa shape index (κ1) is 17.9. The van der Waals surface area contributed by atoms with Crippen LogP contribution in [0.15, 0.2) is 41.7 Å². The van der Waals surface area contributed by atoms with Gasteiger partial charge in [-0.3, -0.25) is 9.36 Å². The molecule has 0 atom stereocenters. The van der Waals surface area contributed by atoms with Crippen molar-refractivity contribution in [2.24, 2.45) is 0 Å². The van der Waals surface area contributed by atoms with E-state index < -0.39 is 0 Å². The maximum absolute atomic E-state index is 13.3. The number of nitrogens with zero attached hydrogens (tertiary/aromatic N) is 3. The van der Waals surface area contributed by atoms with E-state index in [1.807, 2.05) is 11.9 Å². The van der Waals surface area contributed by atoms with Crippen LogP contribution in [-0.4, -0.2) is 16.6 Å². The first-order chi connectivity index (χ1) is 13.1. The molecule has 1 aromatic carbocycles. The third-order valence-electron chi connectivity index (χ3n) is 5.04. The highest BCUT2D eigenvalue weighted by atomic mass is 32.1. The first-order valence-electron chi connectivity index (χ1n) is 9.20. The van der Waals surface area contributed by atoms with Gasteiger partial charge in [0.25, 0.3) is 5.56 Å². The summed E-state index contributed by atoms with van der Waals surface area (Å²) in [5.41, 5.74) is 2.17. The molecule has 4 rings (SSSR count). The minimum Gasteiger partial charge on any atom is -0.341 e. The van der Waals surface area contributed by atoms with Crippen molar-refractivity contribution in [1.82, 2.24) is 9.55 Å². The summed E-state index contributed by atoms with van der Waals surface area (Å²) < 4.78 is 14.9. The number of halogens is 1. The van der Waals surface area contributed by atoms with Crippen molar-refractivity contribution in [3.63, 3.8) is 0 Å². The molecule has 0 aliphatic heterocycles. The molecule has 0 saturated heterocycles. The number of thiophene rings is 1. The van der Waals surface area contributed by atoms with Crippen LogP contribution in [0.1, 0.15) is 28.8 Å². The Morgan fingerprint density at radius 1 is 1.30 bits per heavy atom. The maximum Gasteiger partial charge on any atom is 0.264 e. The number of rotatable bonds is 5. The summed E-state index contributed by atoms with van der Waals surface area (Å²) in [4.78, 5) is 22.2. The Hall–Kier alpha value is -2.47. The molecule has 27 heavy (non-hydrogen) atoms. The van der Waals surface area contributed by atoms with E-state index in [-0.39, 0.29) is 11.4 Å². The van der Waals surface area contributed by atoms with E-state index in [0.29, 0.717) is 19.0 Å². The quantitative estimate of drug-likeness (QED) is 0.617. The molecule has 0 unspecified atom stereocenters. The summed E-state index contributed by atoms with van der Waals surface area (Å²) in [5, 5.41) is 0.787. The molecule has 0 N–H and O–H groups in total. The number of anilines is 1. The topological polar surface area (TPSA) is 38.1 Å². The fourth-order valence-corrected chi connectivity index (χ4v) is 4.99. The van der Waals surface area contributed by atoms with Crippen molar-refractivity contribution in [3.05, 3.63) is 69.1 Å². The van der Waals surface area contributed by atoms with Crippen molar-refractivity contribution in [1.29, 1.82) is 0 Å². The smallest absolute Gasteiger partial charge is 0.264 e. The van der Waals surface area contributed by atoms with Gasteiger partial charge in [-0.1, -0.05) is 18.2 Å². The van der Waals surface area contributed by atoms with Gasteiger partial charge in [0.1, 0.15) is 10.6 Å². The molecule has 6 heteroatoms. The molecule has 0 bridgehead atoms.